The molecule has 0 aromatic heterocycles. The van der Waals surface area contributed by atoms with E-state index in [0.29, 0.717) is 12.4 Å². The summed E-state index contributed by atoms with van der Waals surface area (Å²) in [5.74, 6) is 0.639. The highest BCUT2D eigenvalue weighted by Crippen LogP contribution is 2.22. The van der Waals surface area contributed by atoms with Gasteiger partial charge in [-0.25, -0.2) is 0 Å². The molecule has 1 aromatic carbocycles. The van der Waals surface area contributed by atoms with Crippen LogP contribution < -0.4 is 4.43 Å². The van der Waals surface area contributed by atoms with Crippen LogP contribution in [0.4, 0.5) is 0 Å². The molecule has 0 heterocycles. The van der Waals surface area contributed by atoms with Crippen LogP contribution >= 0.6 is 22.2 Å². The number of para-hydroxylation sites is 1. The molecule has 0 unspecified atom stereocenters. The molecule has 0 N–H and O–H groups in total. The van der Waals surface area contributed by atoms with Gasteiger partial charge in [-0.15, -0.1) is 0 Å². The predicted octanol–water partition coefficient (Wildman–Crippen LogP) is 3.41. The molecule has 5 heteroatoms. The summed E-state index contributed by atoms with van der Waals surface area (Å²) in [6.45, 7) is 2.51. The van der Waals surface area contributed by atoms with Crippen LogP contribution in [0.3, 0.4) is 0 Å². The smallest absolute Gasteiger partial charge is 0.499 e. The normalized spacial score (nSPS) is 11.4. The highest BCUT2D eigenvalue weighted by Gasteiger charge is 2.36. The van der Waals surface area contributed by atoms with E-state index in [0.717, 1.165) is 6.42 Å². The van der Waals surface area contributed by atoms with Gasteiger partial charge in [-0.3, -0.25) is 0 Å². The zero-order valence-corrected chi connectivity index (χ0v) is 10.4. The molecule has 0 spiro atoms. The van der Waals surface area contributed by atoms with Crippen molar-refractivity contribution < 1.29 is 8.85 Å². The van der Waals surface area contributed by atoms with Gasteiger partial charge in [-0.05, 0) is 18.6 Å². The van der Waals surface area contributed by atoms with E-state index < -0.39 is 7.18 Å². The van der Waals surface area contributed by atoms with Crippen molar-refractivity contribution in [2.24, 2.45) is 0 Å². The highest BCUT2D eigenvalue weighted by atomic mass is 35.7. The second-order valence-electron chi connectivity index (χ2n) is 2.73. The minimum atomic E-state index is -3.02. The standard InChI is InChI=1S/C9H12Cl2O2Si/c1-2-8-12-14(10,11)13-9-6-4-3-5-7-9/h3-7H,2,8H2,1H3. The zero-order valence-electron chi connectivity index (χ0n) is 7.87. The second-order valence-corrected chi connectivity index (χ2v) is 7.71. The van der Waals surface area contributed by atoms with Crippen molar-refractivity contribution in [3.8, 4) is 5.75 Å². The zero-order chi connectivity index (χ0) is 10.4. The Morgan fingerprint density at radius 1 is 1.21 bits per heavy atom. The van der Waals surface area contributed by atoms with E-state index in [2.05, 4.69) is 0 Å². The number of hydrogen-bond donors (Lipinski definition) is 0. The van der Waals surface area contributed by atoms with Gasteiger partial charge in [-0.2, -0.15) is 0 Å². The number of hydrogen-bond acceptors (Lipinski definition) is 2. The molecule has 78 valence electrons. The molecule has 0 fully saturated rings. The van der Waals surface area contributed by atoms with Crippen molar-refractivity contribution in [1.82, 2.24) is 0 Å². The van der Waals surface area contributed by atoms with Crippen LogP contribution in [-0.2, 0) is 4.43 Å². The van der Waals surface area contributed by atoms with Gasteiger partial charge < -0.3 is 8.85 Å². The summed E-state index contributed by atoms with van der Waals surface area (Å²) >= 11 is 11.8. The lowest BCUT2D eigenvalue weighted by Crippen LogP contribution is -2.33. The average molecular weight is 251 g/mol. The Bertz CT molecular complexity index is 267. The SMILES string of the molecule is CCCO[Si](Cl)(Cl)Oc1ccccc1. The summed E-state index contributed by atoms with van der Waals surface area (Å²) in [4.78, 5) is 0. The van der Waals surface area contributed by atoms with Crippen molar-refractivity contribution in [2.45, 2.75) is 13.3 Å². The van der Waals surface area contributed by atoms with Crippen molar-refractivity contribution in [1.29, 1.82) is 0 Å². The van der Waals surface area contributed by atoms with Crippen molar-refractivity contribution in [2.75, 3.05) is 6.61 Å². The Labute approximate surface area is 94.4 Å². The van der Waals surface area contributed by atoms with Crippen molar-refractivity contribution >= 4 is 29.3 Å². The third-order valence-corrected chi connectivity index (χ3v) is 3.59. The van der Waals surface area contributed by atoms with Crippen molar-refractivity contribution in [3.05, 3.63) is 30.3 Å². The maximum Gasteiger partial charge on any atom is 0.615 e. The molecule has 2 nitrogen and oxygen atoms in total. The molecule has 0 aliphatic heterocycles. The van der Waals surface area contributed by atoms with Crippen LogP contribution in [0.15, 0.2) is 30.3 Å². The van der Waals surface area contributed by atoms with E-state index in [1.165, 1.54) is 0 Å². The number of rotatable bonds is 5. The van der Waals surface area contributed by atoms with Crippen molar-refractivity contribution in [3.63, 3.8) is 0 Å². The van der Waals surface area contributed by atoms with Gasteiger partial charge in [-0.1, -0.05) is 47.3 Å². The van der Waals surface area contributed by atoms with E-state index in [9.17, 15) is 0 Å². The Morgan fingerprint density at radius 3 is 2.43 bits per heavy atom. The van der Waals surface area contributed by atoms with Crippen LogP contribution in [0.1, 0.15) is 13.3 Å². The summed E-state index contributed by atoms with van der Waals surface area (Å²) in [5.41, 5.74) is 0. The largest absolute Gasteiger partial charge is 0.615 e. The van der Waals surface area contributed by atoms with Gasteiger partial charge in [0.2, 0.25) is 0 Å². The minimum Gasteiger partial charge on any atom is -0.499 e. The quantitative estimate of drug-likeness (QED) is 0.589. The van der Waals surface area contributed by atoms with Gasteiger partial charge in [0, 0.05) is 6.61 Å². The Hall–Kier alpha value is -0.223. The fourth-order valence-electron chi connectivity index (χ4n) is 0.876. The topological polar surface area (TPSA) is 18.5 Å². The number of benzene rings is 1. The van der Waals surface area contributed by atoms with Crippen LogP contribution in [-0.4, -0.2) is 13.8 Å². The predicted molar refractivity (Wildman–Crippen MR) is 60.8 cm³/mol. The van der Waals surface area contributed by atoms with Gasteiger partial charge in [0.15, 0.2) is 0 Å². The number of halogens is 2. The third-order valence-electron chi connectivity index (χ3n) is 1.45. The summed E-state index contributed by atoms with van der Waals surface area (Å²) < 4.78 is 10.6. The maximum atomic E-state index is 5.91. The molecule has 0 radical (unpaired) electrons. The Kier molecular flexibility index (Phi) is 4.75. The van der Waals surface area contributed by atoms with Crippen LogP contribution in [0, 0.1) is 0 Å². The minimum absolute atomic E-state index is 0.520. The van der Waals surface area contributed by atoms with E-state index in [-0.39, 0.29) is 0 Å². The van der Waals surface area contributed by atoms with E-state index in [1.54, 1.807) is 12.1 Å². The molecular formula is C9H12Cl2O2Si. The summed E-state index contributed by atoms with van der Waals surface area (Å²) in [6.07, 6.45) is 0.867. The van der Waals surface area contributed by atoms with Gasteiger partial charge in [0.05, 0.1) is 0 Å². The fourth-order valence-corrected chi connectivity index (χ4v) is 2.78. The molecule has 0 bridgehead atoms. The maximum absolute atomic E-state index is 5.91. The molecule has 0 aliphatic carbocycles. The first-order valence-corrected chi connectivity index (χ1v) is 8.24. The summed E-state index contributed by atoms with van der Waals surface area (Å²) in [6, 6.07) is 9.19. The molecular weight excluding hydrogens is 239 g/mol. The van der Waals surface area contributed by atoms with Crippen LogP contribution in [0.5, 0.6) is 5.75 Å². The van der Waals surface area contributed by atoms with Crippen LogP contribution in [0.25, 0.3) is 0 Å². The van der Waals surface area contributed by atoms with E-state index in [1.807, 2.05) is 25.1 Å². The molecule has 1 aromatic rings. The molecule has 0 atom stereocenters. The monoisotopic (exact) mass is 250 g/mol. The molecule has 0 saturated carbocycles. The summed E-state index contributed by atoms with van der Waals surface area (Å²) in [7, 11) is -3.02. The van der Waals surface area contributed by atoms with Gasteiger partial charge >= 0.3 is 7.18 Å². The lowest BCUT2D eigenvalue weighted by atomic mass is 10.3. The molecule has 0 amide bonds. The molecule has 14 heavy (non-hydrogen) atoms. The third kappa shape index (κ3) is 4.33. The fraction of sp³-hybridized carbons (Fsp3) is 0.333. The van der Waals surface area contributed by atoms with Gasteiger partial charge in [0.25, 0.3) is 0 Å². The Morgan fingerprint density at radius 2 is 1.86 bits per heavy atom. The lowest BCUT2D eigenvalue weighted by molar-refractivity contribution is 0.273. The lowest BCUT2D eigenvalue weighted by Gasteiger charge is -2.17. The van der Waals surface area contributed by atoms with E-state index in [4.69, 9.17) is 31.0 Å². The highest BCUT2D eigenvalue weighted by molar-refractivity contribution is 7.39. The van der Waals surface area contributed by atoms with Crippen LogP contribution in [0.2, 0.25) is 0 Å². The molecule has 0 aliphatic rings. The molecule has 1 rings (SSSR count). The first-order valence-electron chi connectivity index (χ1n) is 4.40. The first kappa shape index (κ1) is 11.8. The Balaban J connectivity index is 2.50. The summed E-state index contributed by atoms with van der Waals surface area (Å²) in [5, 5.41) is 0. The first-order chi connectivity index (χ1) is 6.64. The average Bonchev–Trinajstić information content (AvgIpc) is 2.16. The second kappa shape index (κ2) is 5.61. The molecule has 0 saturated heterocycles. The van der Waals surface area contributed by atoms with Gasteiger partial charge in [0.1, 0.15) is 5.75 Å². The van der Waals surface area contributed by atoms with E-state index >= 15 is 0 Å².